The first kappa shape index (κ1) is 22.9. The maximum absolute atomic E-state index is 13.1. The molecule has 1 N–H and O–H groups in total. The van der Waals surface area contributed by atoms with Gasteiger partial charge in [-0.25, -0.2) is 0 Å². The predicted octanol–water partition coefficient (Wildman–Crippen LogP) is 4.50. The molecule has 5 heteroatoms. The summed E-state index contributed by atoms with van der Waals surface area (Å²) in [7, 11) is 0. The lowest BCUT2D eigenvalue weighted by atomic mass is 9.87. The van der Waals surface area contributed by atoms with Gasteiger partial charge in [0, 0.05) is 19.5 Å². The van der Waals surface area contributed by atoms with Crippen LogP contribution in [0.1, 0.15) is 63.3 Å². The van der Waals surface area contributed by atoms with Gasteiger partial charge in [-0.3, -0.25) is 9.59 Å². The van der Waals surface area contributed by atoms with Crippen molar-refractivity contribution in [2.45, 2.75) is 59.1 Å². The van der Waals surface area contributed by atoms with E-state index in [-0.39, 0.29) is 17.9 Å². The summed E-state index contributed by atoms with van der Waals surface area (Å²) in [5, 5.41) is 2.84. The molecule has 0 unspecified atom stereocenters. The molecule has 3 rings (SSSR count). The van der Waals surface area contributed by atoms with Crippen LogP contribution in [-0.2, 0) is 16.0 Å². The Bertz CT molecular complexity index is 895. The van der Waals surface area contributed by atoms with E-state index in [4.69, 9.17) is 4.74 Å². The van der Waals surface area contributed by atoms with Crippen molar-refractivity contribution in [2.75, 3.05) is 13.1 Å². The second-order valence-corrected chi connectivity index (χ2v) is 8.52. The van der Waals surface area contributed by atoms with E-state index in [2.05, 4.69) is 37.4 Å². The Kier molecular flexibility index (Phi) is 7.72. The molecular formula is C26H34N2O3. The Balaban J connectivity index is 1.97. The number of ether oxygens (including phenoxy) is 1. The summed E-state index contributed by atoms with van der Waals surface area (Å²) < 4.78 is 6.07. The van der Waals surface area contributed by atoms with Gasteiger partial charge < -0.3 is 15.0 Å². The van der Waals surface area contributed by atoms with Gasteiger partial charge in [-0.15, -0.1) is 0 Å². The number of hydrogen-bond donors (Lipinski definition) is 1. The largest absolute Gasteiger partial charge is 0.481 e. The fourth-order valence-corrected chi connectivity index (χ4v) is 4.17. The average molecular weight is 423 g/mol. The molecule has 2 aromatic carbocycles. The molecule has 0 radical (unpaired) electrons. The van der Waals surface area contributed by atoms with Crippen molar-refractivity contribution in [3.05, 3.63) is 65.2 Å². The third-order valence-corrected chi connectivity index (χ3v) is 5.66. The summed E-state index contributed by atoms with van der Waals surface area (Å²) in [6, 6.07) is 16.1. The van der Waals surface area contributed by atoms with Crippen molar-refractivity contribution >= 4 is 11.8 Å². The summed E-state index contributed by atoms with van der Waals surface area (Å²) in [6.07, 6.45) is 1.40. The smallest absolute Gasteiger partial charge is 0.261 e. The van der Waals surface area contributed by atoms with E-state index in [1.54, 1.807) is 0 Å². The summed E-state index contributed by atoms with van der Waals surface area (Å²) >= 11 is 0. The quantitative estimate of drug-likeness (QED) is 0.681. The molecule has 0 aliphatic carbocycles. The summed E-state index contributed by atoms with van der Waals surface area (Å²) in [5.41, 5.74) is 3.40. The van der Waals surface area contributed by atoms with Gasteiger partial charge in [0.25, 0.3) is 5.91 Å². The van der Waals surface area contributed by atoms with Gasteiger partial charge in [0.05, 0.1) is 6.04 Å². The molecule has 0 bridgehead atoms. The van der Waals surface area contributed by atoms with Crippen LogP contribution in [0.25, 0.3) is 0 Å². The van der Waals surface area contributed by atoms with Crippen molar-refractivity contribution in [3.63, 3.8) is 0 Å². The highest BCUT2D eigenvalue weighted by molar-refractivity contribution is 5.81. The highest BCUT2D eigenvalue weighted by Crippen LogP contribution is 2.38. The van der Waals surface area contributed by atoms with Gasteiger partial charge in [0.15, 0.2) is 6.10 Å². The fraction of sp³-hybridized carbons (Fsp3) is 0.462. The average Bonchev–Trinajstić information content (AvgIpc) is 2.76. The van der Waals surface area contributed by atoms with Crippen LogP contribution in [0.2, 0.25) is 0 Å². The number of rotatable bonds is 8. The third kappa shape index (κ3) is 5.46. The summed E-state index contributed by atoms with van der Waals surface area (Å²) in [5.74, 6) is 1.05. The Labute approximate surface area is 185 Å². The number of nitrogens with one attached hydrogen (secondary N) is 1. The molecule has 1 aliphatic heterocycles. The molecule has 0 saturated carbocycles. The lowest BCUT2D eigenvalue weighted by Gasteiger charge is -2.38. The number of carbonyl (C=O) groups excluding carboxylic acids is 2. The van der Waals surface area contributed by atoms with E-state index in [0.717, 1.165) is 17.5 Å². The fourth-order valence-electron chi connectivity index (χ4n) is 4.17. The molecule has 0 aromatic heterocycles. The number of amides is 2. The summed E-state index contributed by atoms with van der Waals surface area (Å²) in [4.78, 5) is 27.4. The molecule has 5 nitrogen and oxygen atoms in total. The van der Waals surface area contributed by atoms with Crippen LogP contribution in [0, 0.1) is 5.92 Å². The minimum absolute atomic E-state index is 0.101. The van der Waals surface area contributed by atoms with Crippen LogP contribution in [0.15, 0.2) is 48.5 Å². The monoisotopic (exact) mass is 422 g/mol. The zero-order valence-electron chi connectivity index (χ0n) is 19.1. The van der Waals surface area contributed by atoms with E-state index in [0.29, 0.717) is 37.6 Å². The van der Waals surface area contributed by atoms with Crippen molar-refractivity contribution < 1.29 is 14.3 Å². The molecule has 0 spiro atoms. The van der Waals surface area contributed by atoms with E-state index in [9.17, 15) is 9.59 Å². The minimum atomic E-state index is -0.532. The highest BCUT2D eigenvalue weighted by Gasteiger charge is 2.32. The third-order valence-electron chi connectivity index (χ3n) is 5.66. The number of likely N-dealkylation sites (N-methyl/N-ethyl adjacent to an activating group) is 1. The first-order valence-electron chi connectivity index (χ1n) is 11.4. The molecule has 0 saturated heterocycles. The van der Waals surface area contributed by atoms with Crippen LogP contribution in [0.5, 0.6) is 5.75 Å². The van der Waals surface area contributed by atoms with E-state index < -0.39 is 6.10 Å². The molecular weight excluding hydrogens is 388 g/mol. The lowest BCUT2D eigenvalue weighted by molar-refractivity contribution is -0.134. The summed E-state index contributed by atoms with van der Waals surface area (Å²) in [6.45, 7) is 9.27. The molecule has 2 atom stereocenters. The van der Waals surface area contributed by atoms with Gasteiger partial charge in [0.1, 0.15) is 5.75 Å². The van der Waals surface area contributed by atoms with Crippen molar-refractivity contribution in [3.8, 4) is 5.75 Å². The lowest BCUT2D eigenvalue weighted by Crippen LogP contribution is -2.41. The van der Waals surface area contributed by atoms with Crippen LogP contribution < -0.4 is 10.1 Å². The molecule has 2 amide bonds. The topological polar surface area (TPSA) is 58.6 Å². The van der Waals surface area contributed by atoms with Crippen LogP contribution in [0.4, 0.5) is 0 Å². The number of fused-ring (bicyclic) bond motifs is 1. The number of hydrogen-bond acceptors (Lipinski definition) is 3. The van der Waals surface area contributed by atoms with Crippen LogP contribution >= 0.6 is 0 Å². The van der Waals surface area contributed by atoms with Crippen molar-refractivity contribution in [2.24, 2.45) is 5.92 Å². The Morgan fingerprint density at radius 2 is 1.87 bits per heavy atom. The molecule has 2 aromatic rings. The van der Waals surface area contributed by atoms with Crippen LogP contribution in [0.3, 0.4) is 0 Å². The van der Waals surface area contributed by atoms with Crippen molar-refractivity contribution in [1.82, 2.24) is 10.2 Å². The maximum atomic E-state index is 13.1. The first-order chi connectivity index (χ1) is 14.9. The molecule has 166 valence electrons. The van der Waals surface area contributed by atoms with Gasteiger partial charge >= 0.3 is 0 Å². The maximum Gasteiger partial charge on any atom is 0.261 e. The second kappa shape index (κ2) is 10.5. The van der Waals surface area contributed by atoms with Crippen LogP contribution in [-0.4, -0.2) is 35.9 Å². The normalized spacial score (nSPS) is 16.5. The molecule has 31 heavy (non-hydrogen) atoms. The van der Waals surface area contributed by atoms with Gasteiger partial charge in [-0.1, -0.05) is 57.2 Å². The number of benzene rings is 2. The highest BCUT2D eigenvalue weighted by atomic mass is 16.5. The van der Waals surface area contributed by atoms with E-state index >= 15 is 0 Å². The van der Waals surface area contributed by atoms with Gasteiger partial charge in [-0.2, -0.15) is 0 Å². The van der Waals surface area contributed by atoms with E-state index in [1.807, 2.05) is 49.1 Å². The predicted molar refractivity (Wildman–Crippen MR) is 123 cm³/mol. The molecule has 0 fully saturated rings. The SMILES string of the molecule is CCNC(=O)[C@@H](CC)Oc1ccc2c(c1)[C@H](c1ccccc1)N(C(=O)CC(C)C)CC2. The second-order valence-electron chi connectivity index (χ2n) is 8.52. The number of carbonyl (C=O) groups is 2. The Morgan fingerprint density at radius 3 is 2.52 bits per heavy atom. The zero-order chi connectivity index (χ0) is 22.4. The van der Waals surface area contributed by atoms with Gasteiger partial charge in [-0.05, 0) is 54.5 Å². The van der Waals surface area contributed by atoms with Gasteiger partial charge in [0.2, 0.25) is 5.91 Å². The Hall–Kier alpha value is -2.82. The zero-order valence-corrected chi connectivity index (χ0v) is 19.1. The Morgan fingerprint density at radius 1 is 1.13 bits per heavy atom. The molecule has 1 aliphatic rings. The molecule has 1 heterocycles. The van der Waals surface area contributed by atoms with Crippen molar-refractivity contribution in [1.29, 1.82) is 0 Å². The van der Waals surface area contributed by atoms with E-state index in [1.165, 1.54) is 5.56 Å². The number of nitrogens with zero attached hydrogens (tertiary/aromatic N) is 1. The minimum Gasteiger partial charge on any atom is -0.481 e. The standard InChI is InChI=1S/C26H34N2O3/c1-5-23(26(30)27-6-2)31-21-13-12-19-14-15-28(24(29)16-18(3)4)25(22(19)17-21)20-10-8-7-9-11-20/h7-13,17-18,23,25H,5-6,14-16H2,1-4H3,(H,27,30)/t23-,25+/m1/s1. The first-order valence-corrected chi connectivity index (χ1v) is 11.4.